The lowest BCUT2D eigenvalue weighted by Crippen LogP contribution is -2.44. The Balaban J connectivity index is 1.64. The molecule has 1 aliphatic rings. The second-order valence-electron chi connectivity index (χ2n) is 7.37. The molecule has 2 N–H and O–H groups in total. The van der Waals surface area contributed by atoms with E-state index in [-0.39, 0.29) is 0 Å². The molecule has 0 unspecified atom stereocenters. The van der Waals surface area contributed by atoms with Gasteiger partial charge in [0.1, 0.15) is 11.6 Å². The standard InChI is InChI=1S/C20H22F3N7S/c1-13-10-17(28-27-13)24-16-12-18(30-8-6-29(2)7-9-30)26-19(25-16)31-15-5-3-4-14(11-15)20(21,22)23/h3-5,10-12H,6-9H2,1-2H3,(H2,24,25,26,27,28). The summed E-state index contributed by atoms with van der Waals surface area (Å²) in [5.41, 5.74) is 0.201. The van der Waals surface area contributed by atoms with E-state index in [9.17, 15) is 13.2 Å². The largest absolute Gasteiger partial charge is 0.416 e. The van der Waals surface area contributed by atoms with E-state index in [1.54, 1.807) is 6.07 Å². The van der Waals surface area contributed by atoms with E-state index >= 15 is 0 Å². The maximum Gasteiger partial charge on any atom is 0.416 e. The molecular weight excluding hydrogens is 427 g/mol. The van der Waals surface area contributed by atoms with Crippen LogP contribution in [0.15, 0.2) is 46.5 Å². The molecule has 0 aliphatic carbocycles. The van der Waals surface area contributed by atoms with Crippen molar-refractivity contribution in [3.05, 3.63) is 47.7 Å². The van der Waals surface area contributed by atoms with Crippen molar-refractivity contribution in [2.24, 2.45) is 0 Å². The number of rotatable bonds is 5. The minimum atomic E-state index is -4.40. The van der Waals surface area contributed by atoms with Gasteiger partial charge in [-0.25, -0.2) is 9.97 Å². The quantitative estimate of drug-likeness (QED) is 0.567. The SMILES string of the molecule is Cc1cc(Nc2cc(N3CCN(C)CC3)nc(Sc3cccc(C(F)(F)F)c3)n2)n[nH]1. The van der Waals surface area contributed by atoms with Gasteiger partial charge in [-0.15, -0.1) is 0 Å². The van der Waals surface area contributed by atoms with Crippen LogP contribution in [0.4, 0.5) is 30.6 Å². The Morgan fingerprint density at radius 1 is 1.03 bits per heavy atom. The number of hydrogen-bond donors (Lipinski definition) is 2. The molecule has 0 bridgehead atoms. The Hall–Kier alpha value is -2.79. The van der Waals surface area contributed by atoms with Gasteiger partial charge in [0.2, 0.25) is 0 Å². The lowest BCUT2D eigenvalue weighted by molar-refractivity contribution is -0.137. The van der Waals surface area contributed by atoms with Crippen molar-refractivity contribution in [2.45, 2.75) is 23.2 Å². The highest BCUT2D eigenvalue weighted by Gasteiger charge is 2.30. The Bertz CT molecular complexity index is 1050. The number of piperazine rings is 1. The predicted molar refractivity (Wildman–Crippen MR) is 114 cm³/mol. The molecule has 164 valence electrons. The van der Waals surface area contributed by atoms with Gasteiger partial charge in [-0.1, -0.05) is 6.07 Å². The van der Waals surface area contributed by atoms with Crippen LogP contribution in [0.3, 0.4) is 0 Å². The molecule has 11 heteroatoms. The first-order valence-electron chi connectivity index (χ1n) is 9.73. The average molecular weight is 450 g/mol. The summed E-state index contributed by atoms with van der Waals surface area (Å²) in [5.74, 6) is 1.87. The molecule has 3 heterocycles. The normalized spacial score (nSPS) is 15.3. The highest BCUT2D eigenvalue weighted by molar-refractivity contribution is 7.99. The molecule has 0 radical (unpaired) electrons. The number of aromatic nitrogens is 4. The fourth-order valence-electron chi connectivity index (χ4n) is 3.17. The first-order chi connectivity index (χ1) is 14.8. The molecule has 31 heavy (non-hydrogen) atoms. The van der Waals surface area contributed by atoms with E-state index in [2.05, 4.69) is 42.3 Å². The van der Waals surface area contributed by atoms with Gasteiger partial charge in [-0.2, -0.15) is 18.3 Å². The summed E-state index contributed by atoms with van der Waals surface area (Å²) in [6, 6.07) is 8.86. The molecule has 0 amide bonds. The van der Waals surface area contributed by atoms with Crippen LogP contribution in [0.5, 0.6) is 0 Å². The monoisotopic (exact) mass is 449 g/mol. The van der Waals surface area contributed by atoms with Crippen LogP contribution in [0.25, 0.3) is 0 Å². The van der Waals surface area contributed by atoms with Gasteiger partial charge >= 0.3 is 6.18 Å². The molecule has 1 saturated heterocycles. The van der Waals surface area contributed by atoms with Crippen LogP contribution in [-0.4, -0.2) is 58.3 Å². The number of anilines is 3. The van der Waals surface area contributed by atoms with Crippen molar-refractivity contribution in [1.29, 1.82) is 0 Å². The van der Waals surface area contributed by atoms with Crippen molar-refractivity contribution >= 4 is 29.2 Å². The van der Waals surface area contributed by atoms with E-state index in [0.717, 1.165) is 61.6 Å². The topological polar surface area (TPSA) is 73.0 Å². The van der Waals surface area contributed by atoms with Crippen LogP contribution in [-0.2, 0) is 6.18 Å². The molecule has 3 aromatic rings. The summed E-state index contributed by atoms with van der Waals surface area (Å²) in [6.07, 6.45) is -4.40. The maximum absolute atomic E-state index is 13.1. The van der Waals surface area contributed by atoms with Gasteiger partial charge in [0, 0.05) is 48.9 Å². The van der Waals surface area contributed by atoms with Crippen LogP contribution >= 0.6 is 11.8 Å². The lowest BCUT2D eigenvalue weighted by Gasteiger charge is -2.33. The van der Waals surface area contributed by atoms with Crippen LogP contribution in [0.2, 0.25) is 0 Å². The number of hydrogen-bond acceptors (Lipinski definition) is 7. The first-order valence-corrected chi connectivity index (χ1v) is 10.5. The van der Waals surface area contributed by atoms with E-state index in [1.165, 1.54) is 6.07 Å². The van der Waals surface area contributed by atoms with Gasteiger partial charge in [-0.3, -0.25) is 5.10 Å². The minimum Gasteiger partial charge on any atom is -0.354 e. The van der Waals surface area contributed by atoms with Gasteiger partial charge in [0.05, 0.1) is 5.56 Å². The van der Waals surface area contributed by atoms with Crippen LogP contribution < -0.4 is 10.2 Å². The van der Waals surface area contributed by atoms with E-state index in [1.807, 2.05) is 19.1 Å². The summed E-state index contributed by atoms with van der Waals surface area (Å²) >= 11 is 1.10. The zero-order chi connectivity index (χ0) is 22.0. The molecule has 7 nitrogen and oxygen atoms in total. The van der Waals surface area contributed by atoms with Crippen LogP contribution in [0.1, 0.15) is 11.3 Å². The van der Waals surface area contributed by atoms with Gasteiger partial charge in [-0.05, 0) is 43.9 Å². The third kappa shape index (κ3) is 5.47. The number of alkyl halides is 3. The highest BCUT2D eigenvalue weighted by Crippen LogP contribution is 2.34. The number of nitrogens with zero attached hydrogens (tertiary/aromatic N) is 5. The molecule has 1 fully saturated rings. The number of H-pyrrole nitrogens is 1. The van der Waals surface area contributed by atoms with Crippen LogP contribution in [0, 0.1) is 6.92 Å². The van der Waals surface area contributed by atoms with E-state index < -0.39 is 11.7 Å². The summed E-state index contributed by atoms with van der Waals surface area (Å²) in [7, 11) is 2.07. The van der Waals surface area contributed by atoms with E-state index in [0.29, 0.717) is 21.7 Å². The zero-order valence-corrected chi connectivity index (χ0v) is 17.9. The number of benzene rings is 1. The first kappa shape index (κ1) is 21.4. The zero-order valence-electron chi connectivity index (χ0n) is 17.1. The maximum atomic E-state index is 13.1. The number of likely N-dealkylation sites (N-methyl/N-ethyl adjacent to an activating group) is 1. The molecule has 0 saturated carbocycles. The molecule has 0 spiro atoms. The number of aromatic amines is 1. The van der Waals surface area contributed by atoms with Gasteiger partial charge in [0.15, 0.2) is 11.0 Å². The fraction of sp³-hybridized carbons (Fsp3) is 0.350. The van der Waals surface area contributed by atoms with Crippen molar-refractivity contribution in [2.75, 3.05) is 43.4 Å². The smallest absolute Gasteiger partial charge is 0.354 e. The lowest BCUT2D eigenvalue weighted by atomic mass is 10.2. The summed E-state index contributed by atoms with van der Waals surface area (Å²) in [5, 5.41) is 10.5. The Morgan fingerprint density at radius 2 is 1.81 bits per heavy atom. The third-order valence-electron chi connectivity index (χ3n) is 4.85. The molecule has 1 aromatic carbocycles. The van der Waals surface area contributed by atoms with Crippen molar-refractivity contribution in [1.82, 2.24) is 25.1 Å². The average Bonchev–Trinajstić information content (AvgIpc) is 3.12. The Labute approximate surface area is 182 Å². The molecule has 4 rings (SSSR count). The fourth-order valence-corrected chi connectivity index (χ4v) is 4.00. The van der Waals surface area contributed by atoms with Gasteiger partial charge in [0.25, 0.3) is 0 Å². The van der Waals surface area contributed by atoms with Crippen molar-refractivity contribution in [3.8, 4) is 0 Å². The summed E-state index contributed by atoms with van der Waals surface area (Å²) in [4.78, 5) is 13.9. The minimum absolute atomic E-state index is 0.366. The van der Waals surface area contributed by atoms with Gasteiger partial charge < -0.3 is 15.1 Å². The van der Waals surface area contributed by atoms with E-state index in [4.69, 9.17) is 0 Å². The third-order valence-corrected chi connectivity index (χ3v) is 5.71. The summed E-state index contributed by atoms with van der Waals surface area (Å²) in [6.45, 7) is 5.32. The highest BCUT2D eigenvalue weighted by atomic mass is 32.2. The molecule has 2 aromatic heterocycles. The number of nitrogens with one attached hydrogen (secondary N) is 2. The Morgan fingerprint density at radius 3 is 2.48 bits per heavy atom. The van der Waals surface area contributed by atoms with Crippen molar-refractivity contribution < 1.29 is 13.2 Å². The molecule has 0 atom stereocenters. The Kier molecular flexibility index (Phi) is 6.05. The molecule has 1 aliphatic heterocycles. The molecular formula is C20H22F3N7S. The summed E-state index contributed by atoms with van der Waals surface area (Å²) < 4.78 is 39.2. The second-order valence-corrected chi connectivity index (χ2v) is 8.41. The number of aryl methyl sites for hydroxylation is 1. The predicted octanol–water partition coefficient (Wildman–Crippen LogP) is 4.17. The second kappa shape index (κ2) is 8.75. The number of halogens is 3. The van der Waals surface area contributed by atoms with Crippen molar-refractivity contribution in [3.63, 3.8) is 0 Å².